The number of nitrogens with one attached hydrogen (secondary N) is 1. The van der Waals surface area contributed by atoms with Gasteiger partial charge in [0.15, 0.2) is 11.6 Å². The van der Waals surface area contributed by atoms with Crippen molar-refractivity contribution in [2.45, 2.75) is 4.90 Å². The number of morpholine rings is 1. The van der Waals surface area contributed by atoms with Crippen LogP contribution in [0.2, 0.25) is 0 Å². The van der Waals surface area contributed by atoms with Crippen LogP contribution in [0.4, 0.5) is 11.8 Å². The zero-order chi connectivity index (χ0) is 24.4. The molecule has 3 aromatic heterocycles. The summed E-state index contributed by atoms with van der Waals surface area (Å²) in [6.07, 6.45) is 3.18. The number of aliphatic hydroxyl groups is 1. The molecule has 35 heavy (non-hydrogen) atoms. The second-order valence-corrected chi connectivity index (χ2v) is 10.6. The highest BCUT2D eigenvalue weighted by molar-refractivity contribution is 7.89. The summed E-state index contributed by atoms with van der Waals surface area (Å²) in [7, 11) is -3.73. The summed E-state index contributed by atoms with van der Waals surface area (Å²) in [5.74, 6) is 1.44. The van der Waals surface area contributed by atoms with Crippen molar-refractivity contribution in [3.8, 4) is 21.8 Å². The number of benzene rings is 1. The van der Waals surface area contributed by atoms with Crippen LogP contribution in [0, 0.1) is 0 Å². The molecule has 182 valence electrons. The monoisotopic (exact) mass is 513 g/mol. The van der Waals surface area contributed by atoms with Crippen LogP contribution in [0.15, 0.2) is 47.6 Å². The number of rotatable bonds is 7. The van der Waals surface area contributed by atoms with Crippen LogP contribution >= 0.6 is 11.3 Å². The summed E-state index contributed by atoms with van der Waals surface area (Å²) in [4.78, 5) is 20.9. The van der Waals surface area contributed by atoms with Gasteiger partial charge in [-0.05, 0) is 23.8 Å². The van der Waals surface area contributed by atoms with Crippen LogP contribution in [0.25, 0.3) is 32.0 Å². The summed E-state index contributed by atoms with van der Waals surface area (Å²) in [6, 6.07) is 8.61. The van der Waals surface area contributed by atoms with E-state index in [1.165, 1.54) is 17.4 Å². The third-order valence-electron chi connectivity index (χ3n) is 5.43. The molecule has 1 aromatic carbocycles. The topological polar surface area (TPSA) is 156 Å². The minimum Gasteiger partial charge on any atom is -0.395 e. The Kier molecular flexibility index (Phi) is 6.58. The first-order chi connectivity index (χ1) is 16.9. The first-order valence-corrected chi connectivity index (χ1v) is 13.2. The van der Waals surface area contributed by atoms with E-state index in [1.54, 1.807) is 24.5 Å². The van der Waals surface area contributed by atoms with Gasteiger partial charge < -0.3 is 20.5 Å². The standard InChI is InChI=1S/C22H23N7O4S2/c23-22-24-12-15(13-25-22)20-27-17-11-18(34-19(17)21(28-20)29-5-8-33-9-6-29)14-2-1-3-16(10-14)35(31,32)26-4-7-30/h1-3,10-13,26,30H,4-9H2,(H2,23,24,25). The lowest BCUT2D eigenvalue weighted by Crippen LogP contribution is -2.36. The van der Waals surface area contributed by atoms with Gasteiger partial charge in [-0.15, -0.1) is 11.3 Å². The van der Waals surface area contributed by atoms with E-state index in [1.807, 2.05) is 12.1 Å². The van der Waals surface area contributed by atoms with Gasteiger partial charge in [-0.3, -0.25) is 0 Å². The SMILES string of the molecule is Nc1ncc(-c2nc(N3CCOCC3)c3sc(-c4cccc(S(=O)(=O)NCCO)c4)cc3n2)cn1. The average Bonchev–Trinajstić information content (AvgIpc) is 3.32. The Morgan fingerprint density at radius 1 is 1.11 bits per heavy atom. The summed E-state index contributed by atoms with van der Waals surface area (Å²) in [5.41, 5.74) is 7.76. The van der Waals surface area contributed by atoms with Crippen molar-refractivity contribution in [1.29, 1.82) is 0 Å². The molecule has 0 bridgehead atoms. The highest BCUT2D eigenvalue weighted by atomic mass is 32.2. The second-order valence-electron chi connectivity index (χ2n) is 7.77. The van der Waals surface area contributed by atoms with Gasteiger partial charge in [-0.1, -0.05) is 12.1 Å². The van der Waals surface area contributed by atoms with Crippen LogP contribution in [0.3, 0.4) is 0 Å². The number of nitrogens with two attached hydrogens (primary N) is 1. The second kappa shape index (κ2) is 9.79. The lowest BCUT2D eigenvalue weighted by Gasteiger charge is -2.28. The predicted octanol–water partition coefficient (Wildman–Crippen LogP) is 1.50. The molecular formula is C22H23N7O4S2. The average molecular weight is 514 g/mol. The molecule has 0 spiro atoms. The number of hydrogen-bond donors (Lipinski definition) is 3. The number of nitrogens with zero attached hydrogens (tertiary/aromatic N) is 5. The number of hydrogen-bond acceptors (Lipinski definition) is 11. The van der Waals surface area contributed by atoms with Crippen molar-refractivity contribution < 1.29 is 18.3 Å². The maximum Gasteiger partial charge on any atom is 0.240 e. The molecule has 0 unspecified atom stereocenters. The summed E-state index contributed by atoms with van der Waals surface area (Å²) >= 11 is 1.50. The van der Waals surface area contributed by atoms with E-state index in [2.05, 4.69) is 19.6 Å². The number of nitrogen functional groups attached to an aromatic ring is 1. The van der Waals surface area contributed by atoms with Crippen molar-refractivity contribution in [1.82, 2.24) is 24.7 Å². The highest BCUT2D eigenvalue weighted by Gasteiger charge is 2.21. The van der Waals surface area contributed by atoms with Gasteiger partial charge in [0.2, 0.25) is 16.0 Å². The largest absolute Gasteiger partial charge is 0.395 e. The Hall–Kier alpha value is -3.23. The molecule has 0 aliphatic carbocycles. The molecule has 0 amide bonds. The first-order valence-electron chi connectivity index (χ1n) is 10.9. The first kappa shape index (κ1) is 23.5. The van der Waals surface area contributed by atoms with Crippen LogP contribution < -0.4 is 15.4 Å². The third kappa shape index (κ3) is 4.94. The Labute approximate surface area is 205 Å². The van der Waals surface area contributed by atoms with Gasteiger partial charge in [-0.2, -0.15) is 0 Å². The van der Waals surface area contributed by atoms with Crippen LogP contribution in [0.5, 0.6) is 0 Å². The van der Waals surface area contributed by atoms with Gasteiger partial charge in [0.05, 0.1) is 40.5 Å². The van der Waals surface area contributed by atoms with Gasteiger partial charge in [0.1, 0.15) is 0 Å². The number of aliphatic hydroxyl groups excluding tert-OH is 1. The van der Waals surface area contributed by atoms with E-state index < -0.39 is 10.0 Å². The van der Waals surface area contributed by atoms with Crippen LogP contribution in [0.1, 0.15) is 0 Å². The summed E-state index contributed by atoms with van der Waals surface area (Å²) < 4.78 is 33.9. The number of fused-ring (bicyclic) bond motifs is 1. The smallest absolute Gasteiger partial charge is 0.240 e. The highest BCUT2D eigenvalue weighted by Crippen LogP contribution is 2.39. The van der Waals surface area contributed by atoms with Gasteiger partial charge in [-0.25, -0.2) is 33.1 Å². The Bertz CT molecular complexity index is 1450. The molecule has 4 aromatic rings. The maximum absolute atomic E-state index is 12.6. The normalized spacial score (nSPS) is 14.5. The van der Waals surface area contributed by atoms with Gasteiger partial charge in [0, 0.05) is 36.9 Å². The minimum absolute atomic E-state index is 0.0500. The lowest BCUT2D eigenvalue weighted by atomic mass is 10.2. The summed E-state index contributed by atoms with van der Waals surface area (Å²) in [6.45, 7) is 2.27. The fourth-order valence-corrected chi connectivity index (χ4v) is 5.89. The van der Waals surface area contributed by atoms with E-state index in [0.29, 0.717) is 37.7 Å². The summed E-state index contributed by atoms with van der Waals surface area (Å²) in [5, 5.41) is 8.98. The van der Waals surface area contributed by atoms with Crippen molar-refractivity contribution in [3.05, 3.63) is 42.7 Å². The number of sulfonamides is 1. The number of ether oxygens (including phenoxy) is 1. The molecule has 11 nitrogen and oxygen atoms in total. The fraction of sp³-hybridized carbons (Fsp3) is 0.273. The van der Waals surface area contributed by atoms with Gasteiger partial charge in [0.25, 0.3) is 0 Å². The maximum atomic E-state index is 12.6. The Balaban J connectivity index is 1.61. The predicted molar refractivity (Wildman–Crippen MR) is 134 cm³/mol. The molecule has 13 heteroatoms. The van der Waals surface area contributed by atoms with E-state index in [-0.39, 0.29) is 24.0 Å². The minimum atomic E-state index is -3.73. The van der Waals surface area contributed by atoms with Crippen molar-refractivity contribution in [3.63, 3.8) is 0 Å². The molecule has 1 aliphatic rings. The molecule has 0 atom stereocenters. The Morgan fingerprint density at radius 2 is 1.89 bits per heavy atom. The van der Waals surface area contributed by atoms with E-state index >= 15 is 0 Å². The third-order valence-corrected chi connectivity index (χ3v) is 8.06. The molecule has 1 saturated heterocycles. The van der Waals surface area contributed by atoms with Crippen molar-refractivity contribution in [2.75, 3.05) is 50.1 Å². The molecule has 0 saturated carbocycles. The van der Waals surface area contributed by atoms with Crippen molar-refractivity contribution in [2.24, 2.45) is 0 Å². The molecule has 4 heterocycles. The van der Waals surface area contributed by atoms with E-state index in [4.69, 9.17) is 25.5 Å². The molecular weight excluding hydrogens is 490 g/mol. The molecule has 0 radical (unpaired) electrons. The molecule has 5 rings (SSSR count). The quantitative estimate of drug-likeness (QED) is 0.331. The zero-order valence-corrected chi connectivity index (χ0v) is 20.2. The Morgan fingerprint density at radius 3 is 2.63 bits per heavy atom. The number of aromatic nitrogens is 4. The van der Waals surface area contributed by atoms with Gasteiger partial charge >= 0.3 is 0 Å². The van der Waals surface area contributed by atoms with E-state index in [0.717, 1.165) is 26.5 Å². The fourth-order valence-electron chi connectivity index (χ4n) is 3.71. The van der Waals surface area contributed by atoms with Crippen molar-refractivity contribution >= 4 is 43.3 Å². The lowest BCUT2D eigenvalue weighted by molar-refractivity contribution is 0.122. The zero-order valence-electron chi connectivity index (χ0n) is 18.6. The number of anilines is 2. The van der Waals surface area contributed by atoms with E-state index in [9.17, 15) is 8.42 Å². The molecule has 4 N–H and O–H groups in total. The molecule has 1 fully saturated rings. The molecule has 1 aliphatic heterocycles. The number of thiophene rings is 1. The van der Waals surface area contributed by atoms with Crippen LogP contribution in [-0.4, -0.2) is 72.9 Å². The van der Waals surface area contributed by atoms with Crippen LogP contribution in [-0.2, 0) is 14.8 Å².